The van der Waals surface area contributed by atoms with E-state index in [-0.39, 0.29) is 64.0 Å². The molecule has 2 saturated carbocycles. The first-order chi connectivity index (χ1) is 12.0. The zero-order valence-corrected chi connectivity index (χ0v) is 16.6. The molecule has 1 aromatic rings. The molecular weight excluding hydrogens is 452 g/mol. The van der Waals surface area contributed by atoms with Crippen LogP contribution in [-0.4, -0.2) is 38.8 Å². The summed E-state index contributed by atoms with van der Waals surface area (Å²) in [5, 5.41) is 2.79. The van der Waals surface area contributed by atoms with Crippen molar-refractivity contribution < 1.29 is 14.4 Å². The number of nitrogens with zero attached hydrogens (tertiary/aromatic N) is 1. The van der Waals surface area contributed by atoms with Crippen molar-refractivity contribution in [2.75, 3.05) is 11.9 Å². The smallest absolute Gasteiger partial charge is 0.233 e. The average Bonchev–Trinajstić information content (AvgIpc) is 3.20. The molecule has 0 spiro atoms. The maximum absolute atomic E-state index is 12.7. The number of fused-ring (bicyclic) bond motifs is 5. The summed E-state index contributed by atoms with van der Waals surface area (Å²) in [5.74, 6) is -0.403. The molecule has 6 atom stereocenters. The normalized spacial score (nSPS) is 36.0. The minimum Gasteiger partial charge on any atom is -0.326 e. The van der Waals surface area contributed by atoms with Crippen LogP contribution >= 0.6 is 31.9 Å². The van der Waals surface area contributed by atoms with Gasteiger partial charge >= 0.3 is 0 Å². The Morgan fingerprint density at radius 1 is 1.04 bits per heavy atom. The summed E-state index contributed by atoms with van der Waals surface area (Å²) in [6.07, 6.45) is 1.04. The van der Waals surface area contributed by atoms with E-state index in [4.69, 9.17) is 0 Å². The Morgan fingerprint density at radius 2 is 1.60 bits per heavy atom. The molecule has 5 nitrogen and oxygen atoms in total. The van der Waals surface area contributed by atoms with Crippen molar-refractivity contribution in [2.45, 2.75) is 22.5 Å². The fraction of sp³-hybridized carbons (Fsp3) is 0.500. The lowest BCUT2D eigenvalue weighted by atomic mass is 9.81. The molecule has 1 heterocycles. The van der Waals surface area contributed by atoms with Crippen LogP contribution in [0.25, 0.3) is 0 Å². The molecule has 132 valence electrons. The molecule has 1 aromatic carbocycles. The van der Waals surface area contributed by atoms with Gasteiger partial charge in [-0.05, 0) is 30.4 Å². The maximum atomic E-state index is 12.7. The van der Waals surface area contributed by atoms with Crippen LogP contribution in [0.3, 0.4) is 0 Å². The minimum atomic E-state index is -0.215. The molecule has 25 heavy (non-hydrogen) atoms. The standard InChI is InChI=1S/C18H18Br2N2O3/c19-15-10-8-11(16(15)20)14-13(10)17(24)22(18(14)25)7-6-12(23)21-9-4-2-1-3-5-9/h1-5,10-11,13-16H,6-8H2,(H,21,23)/t10-,11+,13+,14-,15-,16-/m1/s1. The molecule has 1 saturated heterocycles. The number of nitrogens with one attached hydrogen (secondary N) is 1. The van der Waals surface area contributed by atoms with E-state index in [9.17, 15) is 14.4 Å². The lowest BCUT2D eigenvalue weighted by Crippen LogP contribution is -2.37. The van der Waals surface area contributed by atoms with Gasteiger partial charge in [0.25, 0.3) is 0 Å². The largest absolute Gasteiger partial charge is 0.326 e. The number of alkyl halides is 2. The Morgan fingerprint density at radius 3 is 2.16 bits per heavy atom. The second kappa shape index (κ2) is 6.50. The molecular formula is C18H18Br2N2O3. The van der Waals surface area contributed by atoms with E-state index in [0.29, 0.717) is 5.69 Å². The summed E-state index contributed by atoms with van der Waals surface area (Å²) in [6, 6.07) is 9.16. The quantitative estimate of drug-likeness (QED) is 0.544. The Kier molecular flexibility index (Phi) is 4.48. The first-order valence-corrected chi connectivity index (χ1v) is 10.3. The number of rotatable bonds is 4. The van der Waals surface area contributed by atoms with Crippen molar-refractivity contribution in [1.82, 2.24) is 4.90 Å². The van der Waals surface area contributed by atoms with Crippen LogP contribution in [0.4, 0.5) is 5.69 Å². The maximum Gasteiger partial charge on any atom is 0.233 e. The number of anilines is 1. The minimum absolute atomic E-state index is 0.0983. The third-order valence-corrected chi connectivity index (χ3v) is 8.91. The molecule has 4 rings (SSSR count). The van der Waals surface area contributed by atoms with E-state index < -0.39 is 0 Å². The van der Waals surface area contributed by atoms with Gasteiger partial charge in [-0.2, -0.15) is 0 Å². The van der Waals surface area contributed by atoms with Crippen molar-refractivity contribution in [3.05, 3.63) is 30.3 Å². The van der Waals surface area contributed by atoms with Crippen LogP contribution in [0.2, 0.25) is 0 Å². The lowest BCUT2D eigenvalue weighted by Gasteiger charge is -2.28. The second-order valence-electron chi connectivity index (χ2n) is 7.00. The predicted octanol–water partition coefficient (Wildman–Crippen LogP) is 2.79. The number of likely N-dealkylation sites (tertiary alicyclic amines) is 1. The molecule has 2 bridgehead atoms. The summed E-state index contributed by atoms with van der Waals surface area (Å²) in [5.41, 5.74) is 0.714. The molecule has 7 heteroatoms. The van der Waals surface area contributed by atoms with Crippen molar-refractivity contribution in [2.24, 2.45) is 23.7 Å². The van der Waals surface area contributed by atoms with Crippen LogP contribution < -0.4 is 5.32 Å². The van der Waals surface area contributed by atoms with Gasteiger partial charge in [0.15, 0.2) is 0 Å². The third kappa shape index (κ3) is 2.76. The predicted molar refractivity (Wildman–Crippen MR) is 100 cm³/mol. The number of carbonyl (C=O) groups is 3. The summed E-state index contributed by atoms with van der Waals surface area (Å²) in [4.78, 5) is 39.4. The molecule has 3 aliphatic rings. The van der Waals surface area contributed by atoms with Crippen molar-refractivity contribution in [3.63, 3.8) is 0 Å². The highest BCUT2D eigenvalue weighted by atomic mass is 79.9. The third-order valence-electron chi connectivity index (χ3n) is 5.70. The fourth-order valence-corrected chi connectivity index (χ4v) is 6.46. The Bertz CT molecular complexity index is 694. The Labute approximate surface area is 162 Å². The molecule has 3 fully saturated rings. The van der Waals surface area contributed by atoms with Crippen LogP contribution in [-0.2, 0) is 14.4 Å². The van der Waals surface area contributed by atoms with Gasteiger partial charge in [-0.15, -0.1) is 0 Å². The lowest BCUT2D eigenvalue weighted by molar-refractivity contribution is -0.140. The van der Waals surface area contributed by atoms with Crippen LogP contribution in [0.1, 0.15) is 12.8 Å². The molecule has 0 radical (unpaired) electrons. The van der Waals surface area contributed by atoms with E-state index in [1.165, 1.54) is 4.90 Å². The number of hydrogen-bond donors (Lipinski definition) is 1. The molecule has 3 amide bonds. The van der Waals surface area contributed by atoms with Gasteiger partial charge in [-0.25, -0.2) is 0 Å². The summed E-state index contributed by atoms with van der Waals surface area (Å²) < 4.78 is 0. The van der Waals surface area contributed by atoms with Gasteiger partial charge in [0.05, 0.1) is 11.8 Å². The van der Waals surface area contributed by atoms with Gasteiger partial charge in [0, 0.05) is 28.3 Å². The number of halogens is 2. The van der Waals surface area contributed by atoms with E-state index in [2.05, 4.69) is 37.2 Å². The van der Waals surface area contributed by atoms with Gasteiger partial charge in [0.1, 0.15) is 0 Å². The van der Waals surface area contributed by atoms with E-state index >= 15 is 0 Å². The van der Waals surface area contributed by atoms with Crippen molar-refractivity contribution in [3.8, 4) is 0 Å². The van der Waals surface area contributed by atoms with Gasteiger partial charge in [-0.3, -0.25) is 19.3 Å². The molecule has 0 unspecified atom stereocenters. The van der Waals surface area contributed by atoms with Crippen molar-refractivity contribution >= 4 is 55.3 Å². The highest BCUT2D eigenvalue weighted by Crippen LogP contribution is 2.60. The SMILES string of the molecule is O=C(CCN1C(=O)[C@@H]2[C@@H]3C[C@@H]([C@@H](Br)[C@@H]3Br)[C@@H]2C1=O)Nc1ccccc1. The van der Waals surface area contributed by atoms with Crippen LogP contribution in [0.5, 0.6) is 0 Å². The summed E-state index contributed by atoms with van der Waals surface area (Å²) >= 11 is 7.34. The second-order valence-corrected chi connectivity index (χ2v) is 9.11. The molecule has 2 aliphatic carbocycles. The first-order valence-electron chi connectivity index (χ1n) is 8.47. The number of carbonyl (C=O) groups excluding carboxylic acids is 3. The fourth-order valence-electron chi connectivity index (χ4n) is 4.59. The number of hydrogen-bond acceptors (Lipinski definition) is 3. The highest BCUT2D eigenvalue weighted by Gasteiger charge is 2.66. The Balaban J connectivity index is 1.40. The monoisotopic (exact) mass is 468 g/mol. The zero-order chi connectivity index (χ0) is 17.7. The topological polar surface area (TPSA) is 66.5 Å². The average molecular weight is 470 g/mol. The van der Waals surface area contributed by atoms with Gasteiger partial charge in [-0.1, -0.05) is 50.1 Å². The van der Waals surface area contributed by atoms with E-state index in [0.717, 1.165) is 6.42 Å². The number of amides is 3. The number of benzene rings is 1. The first kappa shape index (κ1) is 17.2. The number of para-hydroxylation sites is 1. The van der Waals surface area contributed by atoms with Crippen LogP contribution in [0, 0.1) is 23.7 Å². The number of imide groups is 1. The molecule has 0 aromatic heterocycles. The van der Waals surface area contributed by atoms with Gasteiger partial charge in [0.2, 0.25) is 17.7 Å². The summed E-state index contributed by atoms with van der Waals surface area (Å²) in [6.45, 7) is 0.155. The summed E-state index contributed by atoms with van der Waals surface area (Å²) in [7, 11) is 0. The van der Waals surface area contributed by atoms with Crippen molar-refractivity contribution in [1.29, 1.82) is 0 Å². The van der Waals surface area contributed by atoms with Gasteiger partial charge < -0.3 is 5.32 Å². The van der Waals surface area contributed by atoms with Crippen LogP contribution in [0.15, 0.2) is 30.3 Å². The zero-order valence-electron chi connectivity index (χ0n) is 13.4. The highest BCUT2D eigenvalue weighted by molar-refractivity contribution is 9.12. The van der Waals surface area contributed by atoms with E-state index in [1.807, 2.05) is 18.2 Å². The Hall–Kier alpha value is -1.21. The molecule has 1 aliphatic heterocycles. The molecule has 1 N–H and O–H groups in total. The van der Waals surface area contributed by atoms with E-state index in [1.54, 1.807) is 12.1 Å².